The smallest absolute Gasteiger partial charge is 0.350 e. The van der Waals surface area contributed by atoms with E-state index >= 15 is 0 Å². The molecular weight excluding hydrogens is 419 g/mol. The van der Waals surface area contributed by atoms with Gasteiger partial charge in [0.25, 0.3) is 0 Å². The summed E-state index contributed by atoms with van der Waals surface area (Å²) in [6.45, 7) is 1.71. The molecule has 0 atom stereocenters. The van der Waals surface area contributed by atoms with E-state index in [9.17, 15) is 22.0 Å². The number of halogens is 5. The average molecular weight is 434 g/mol. The highest BCUT2D eigenvalue weighted by Gasteiger charge is 2.31. The molecule has 4 rings (SSSR count). The zero-order valence-corrected chi connectivity index (χ0v) is 16.0. The molecule has 0 aliphatic heterocycles. The number of benzene rings is 2. The summed E-state index contributed by atoms with van der Waals surface area (Å²) >= 11 is 0. The summed E-state index contributed by atoms with van der Waals surface area (Å²) in [5.41, 5.74) is 0.302. The van der Waals surface area contributed by atoms with Gasteiger partial charge in [-0.3, -0.25) is 5.10 Å². The maximum Gasteiger partial charge on any atom is 0.416 e. The van der Waals surface area contributed by atoms with Crippen LogP contribution in [0.25, 0.3) is 10.9 Å². The topological polar surface area (TPSA) is 78.5 Å². The van der Waals surface area contributed by atoms with Crippen molar-refractivity contribution in [1.29, 1.82) is 0 Å². The molecule has 2 heterocycles. The number of aromatic nitrogens is 4. The van der Waals surface area contributed by atoms with Crippen molar-refractivity contribution < 1.29 is 22.0 Å². The minimum absolute atomic E-state index is 0.0470. The lowest BCUT2D eigenvalue weighted by molar-refractivity contribution is -0.137. The molecule has 0 radical (unpaired) electrons. The van der Waals surface area contributed by atoms with Crippen molar-refractivity contribution in [3.05, 3.63) is 70.9 Å². The maximum atomic E-state index is 13.9. The number of nitrogens with one attached hydrogen (secondary N) is 3. The Morgan fingerprint density at radius 2 is 1.81 bits per heavy atom. The van der Waals surface area contributed by atoms with Gasteiger partial charge < -0.3 is 10.6 Å². The third-order valence-corrected chi connectivity index (χ3v) is 4.43. The highest BCUT2D eigenvalue weighted by atomic mass is 19.4. The zero-order valence-electron chi connectivity index (χ0n) is 16.0. The van der Waals surface area contributed by atoms with Gasteiger partial charge in [0.2, 0.25) is 5.95 Å². The minimum Gasteiger partial charge on any atom is -0.350 e. The van der Waals surface area contributed by atoms with Crippen LogP contribution < -0.4 is 10.6 Å². The summed E-state index contributed by atoms with van der Waals surface area (Å²) in [6.07, 6.45) is -4.54. The van der Waals surface area contributed by atoms with Crippen molar-refractivity contribution in [2.75, 3.05) is 10.6 Å². The first-order chi connectivity index (χ1) is 14.7. The fraction of sp³-hybridized carbons (Fsp3) is 0.150. The fourth-order valence-corrected chi connectivity index (χ4v) is 2.92. The fourth-order valence-electron chi connectivity index (χ4n) is 2.92. The number of aromatic amines is 1. The van der Waals surface area contributed by atoms with Crippen molar-refractivity contribution in [1.82, 2.24) is 20.2 Å². The number of aryl methyl sites for hydroxylation is 1. The second kappa shape index (κ2) is 7.82. The Morgan fingerprint density at radius 1 is 1.00 bits per heavy atom. The number of H-pyrrole nitrogens is 1. The molecule has 0 unspecified atom stereocenters. The van der Waals surface area contributed by atoms with E-state index in [1.807, 2.05) is 0 Å². The second-order valence-electron chi connectivity index (χ2n) is 6.78. The standard InChI is InChI=1S/C20H15F5N6/c1-10-6-17(31-30-10)28-18-14-7-12(20(23,24)25)3-5-16(14)27-19(29-18)26-9-11-2-4-13(21)8-15(11)22/h2-8H,9H2,1H3,(H3,26,27,28,29,30,31). The molecule has 31 heavy (non-hydrogen) atoms. The highest BCUT2D eigenvalue weighted by Crippen LogP contribution is 2.34. The van der Waals surface area contributed by atoms with Crippen molar-refractivity contribution in [2.45, 2.75) is 19.6 Å². The Labute approximate surface area is 172 Å². The summed E-state index contributed by atoms with van der Waals surface area (Å²) in [7, 11) is 0. The first-order valence-electron chi connectivity index (χ1n) is 9.05. The van der Waals surface area contributed by atoms with Crippen molar-refractivity contribution in [2.24, 2.45) is 0 Å². The van der Waals surface area contributed by atoms with E-state index < -0.39 is 23.4 Å². The molecule has 4 aromatic rings. The number of rotatable bonds is 5. The molecule has 0 spiro atoms. The van der Waals surface area contributed by atoms with Crippen molar-refractivity contribution in [3.63, 3.8) is 0 Å². The number of alkyl halides is 3. The Hall–Kier alpha value is -3.76. The van der Waals surface area contributed by atoms with Gasteiger partial charge in [-0.2, -0.15) is 23.3 Å². The van der Waals surface area contributed by atoms with E-state index in [-0.39, 0.29) is 34.8 Å². The quantitative estimate of drug-likeness (QED) is 0.371. The van der Waals surface area contributed by atoms with Gasteiger partial charge in [-0.1, -0.05) is 6.07 Å². The number of fused-ring (bicyclic) bond motifs is 1. The SMILES string of the molecule is Cc1cc(Nc2nc(NCc3ccc(F)cc3F)nc3ccc(C(F)(F)F)cc23)n[nH]1. The summed E-state index contributed by atoms with van der Waals surface area (Å²) in [5.74, 6) is -0.959. The molecule has 0 aliphatic carbocycles. The molecule has 160 valence electrons. The van der Waals surface area contributed by atoms with Crippen LogP contribution in [0.5, 0.6) is 0 Å². The minimum atomic E-state index is -4.54. The predicted molar refractivity (Wildman–Crippen MR) is 105 cm³/mol. The number of hydrogen-bond donors (Lipinski definition) is 3. The third kappa shape index (κ3) is 4.55. The van der Waals surface area contributed by atoms with Gasteiger partial charge in [0.1, 0.15) is 17.5 Å². The lowest BCUT2D eigenvalue weighted by Gasteiger charge is -2.13. The first kappa shape index (κ1) is 20.5. The Bertz CT molecular complexity index is 1250. The summed E-state index contributed by atoms with van der Waals surface area (Å²) in [6, 6.07) is 7.89. The number of anilines is 3. The predicted octanol–water partition coefficient (Wildman–Crippen LogP) is 5.31. The molecule has 0 amide bonds. The summed E-state index contributed by atoms with van der Waals surface area (Å²) < 4.78 is 66.5. The van der Waals surface area contributed by atoms with Gasteiger partial charge >= 0.3 is 6.18 Å². The van der Waals surface area contributed by atoms with Crippen molar-refractivity contribution in [3.8, 4) is 0 Å². The highest BCUT2D eigenvalue weighted by molar-refractivity contribution is 5.92. The van der Waals surface area contributed by atoms with Gasteiger partial charge in [-0.05, 0) is 31.2 Å². The van der Waals surface area contributed by atoms with Gasteiger partial charge in [0, 0.05) is 35.3 Å². The van der Waals surface area contributed by atoms with E-state index in [4.69, 9.17) is 0 Å². The van der Waals surface area contributed by atoms with E-state index in [2.05, 4.69) is 30.8 Å². The zero-order chi connectivity index (χ0) is 22.2. The van der Waals surface area contributed by atoms with E-state index in [1.165, 1.54) is 12.1 Å². The Balaban J connectivity index is 1.72. The molecule has 0 fully saturated rings. The monoisotopic (exact) mass is 434 g/mol. The van der Waals surface area contributed by atoms with Crippen LogP contribution in [0.4, 0.5) is 39.5 Å². The molecule has 0 bridgehead atoms. The molecule has 3 N–H and O–H groups in total. The van der Waals surface area contributed by atoms with E-state index in [0.29, 0.717) is 5.82 Å². The molecule has 0 aliphatic rings. The number of hydrogen-bond acceptors (Lipinski definition) is 5. The largest absolute Gasteiger partial charge is 0.416 e. The molecule has 2 aromatic carbocycles. The van der Waals surface area contributed by atoms with Crippen LogP contribution in [0.3, 0.4) is 0 Å². The second-order valence-corrected chi connectivity index (χ2v) is 6.78. The average Bonchev–Trinajstić information content (AvgIpc) is 3.11. The number of nitrogens with zero attached hydrogens (tertiary/aromatic N) is 3. The van der Waals surface area contributed by atoms with Gasteiger partial charge in [-0.25, -0.2) is 13.8 Å². The molecule has 0 saturated carbocycles. The Morgan fingerprint density at radius 3 is 2.48 bits per heavy atom. The van der Waals surface area contributed by atoms with Crippen molar-refractivity contribution >= 4 is 28.5 Å². The van der Waals surface area contributed by atoms with Gasteiger partial charge in [0.05, 0.1) is 11.1 Å². The van der Waals surface area contributed by atoms with Crippen LogP contribution >= 0.6 is 0 Å². The maximum absolute atomic E-state index is 13.9. The van der Waals surface area contributed by atoms with Crippen LogP contribution in [-0.2, 0) is 12.7 Å². The van der Waals surface area contributed by atoms with Gasteiger partial charge in [0.15, 0.2) is 5.82 Å². The van der Waals surface area contributed by atoms with Gasteiger partial charge in [-0.15, -0.1) is 0 Å². The Kier molecular flexibility index (Phi) is 5.17. The molecule has 2 aromatic heterocycles. The molecular formula is C20H15F5N6. The van der Waals surface area contributed by atoms with Crippen LogP contribution in [0.2, 0.25) is 0 Å². The van der Waals surface area contributed by atoms with Crippen LogP contribution in [-0.4, -0.2) is 20.2 Å². The molecule has 6 nitrogen and oxygen atoms in total. The van der Waals surface area contributed by atoms with Crippen LogP contribution in [0.1, 0.15) is 16.8 Å². The summed E-state index contributed by atoms with van der Waals surface area (Å²) in [4.78, 5) is 8.45. The van der Waals surface area contributed by atoms with E-state index in [1.54, 1.807) is 13.0 Å². The lowest BCUT2D eigenvalue weighted by atomic mass is 10.1. The third-order valence-electron chi connectivity index (χ3n) is 4.43. The normalized spacial score (nSPS) is 11.7. The molecule has 0 saturated heterocycles. The van der Waals surface area contributed by atoms with Crippen LogP contribution in [0, 0.1) is 18.6 Å². The molecule has 11 heteroatoms. The van der Waals surface area contributed by atoms with Crippen LogP contribution in [0.15, 0.2) is 42.5 Å². The lowest BCUT2D eigenvalue weighted by Crippen LogP contribution is -2.09. The first-order valence-corrected chi connectivity index (χ1v) is 9.05. The van der Waals surface area contributed by atoms with E-state index in [0.717, 1.165) is 30.0 Å². The summed E-state index contributed by atoms with van der Waals surface area (Å²) in [5, 5.41) is 12.6.